The lowest BCUT2D eigenvalue weighted by atomic mass is 10.1. The summed E-state index contributed by atoms with van der Waals surface area (Å²) in [4.78, 5) is 18.1. The van der Waals surface area contributed by atoms with E-state index in [1.807, 2.05) is 20.8 Å². The van der Waals surface area contributed by atoms with E-state index in [4.69, 9.17) is 16.0 Å². The average Bonchev–Trinajstić information content (AvgIpc) is 2.05. The molecule has 1 aliphatic heterocycles. The van der Waals surface area contributed by atoms with Crippen molar-refractivity contribution in [1.29, 1.82) is 0 Å². The van der Waals surface area contributed by atoms with Crippen molar-refractivity contribution in [2.75, 3.05) is 19.7 Å². The number of hydroxylamine groups is 1. The highest BCUT2D eigenvalue weighted by Gasteiger charge is 2.33. The molecular weight excluding hydrogens is 208 g/mol. The summed E-state index contributed by atoms with van der Waals surface area (Å²) in [5, 5.41) is 0. The fourth-order valence-electron chi connectivity index (χ4n) is 1.23. The molecule has 1 fully saturated rings. The molecule has 16 heavy (non-hydrogen) atoms. The largest absolute Gasteiger partial charge is 0.444 e. The Balaban J connectivity index is 2.16. The van der Waals surface area contributed by atoms with E-state index >= 15 is 0 Å². The van der Waals surface area contributed by atoms with Gasteiger partial charge in [-0.1, -0.05) is 5.92 Å². The number of carbonyl (C=O) groups excluding carboxylic acids is 1. The van der Waals surface area contributed by atoms with Gasteiger partial charge in [0.2, 0.25) is 0 Å². The van der Waals surface area contributed by atoms with Gasteiger partial charge in [-0.25, -0.2) is 4.79 Å². The molecule has 1 amide bonds. The Hall–Kier alpha value is -1.25. The molecule has 1 heterocycles. The van der Waals surface area contributed by atoms with Gasteiger partial charge >= 0.3 is 6.09 Å². The fraction of sp³-hybridized carbons (Fsp3) is 0.727. The van der Waals surface area contributed by atoms with E-state index < -0.39 is 5.60 Å². The molecule has 1 N–H and O–H groups in total. The maximum absolute atomic E-state index is 11.5. The van der Waals surface area contributed by atoms with Gasteiger partial charge in [-0.05, 0) is 20.8 Å². The maximum Gasteiger partial charge on any atom is 0.410 e. The summed E-state index contributed by atoms with van der Waals surface area (Å²) in [6.45, 7) is 6.92. The van der Waals surface area contributed by atoms with Crippen molar-refractivity contribution >= 4 is 6.09 Å². The van der Waals surface area contributed by atoms with Crippen LogP contribution in [0.3, 0.4) is 0 Å². The second-order valence-corrected chi connectivity index (χ2v) is 4.69. The van der Waals surface area contributed by atoms with E-state index in [0.29, 0.717) is 13.1 Å². The highest BCUT2D eigenvalue weighted by Crippen LogP contribution is 2.14. The Kier molecular flexibility index (Phi) is 4.16. The summed E-state index contributed by atoms with van der Waals surface area (Å²) in [5.41, 5.74) is 2.33. The summed E-state index contributed by atoms with van der Waals surface area (Å²) in [5.74, 6) is 2.35. The monoisotopic (exact) mass is 226 g/mol. The predicted octanol–water partition coefficient (Wildman–Crippen LogP) is 0.760. The Labute approximate surface area is 96.0 Å². The van der Waals surface area contributed by atoms with Gasteiger partial charge in [0.15, 0.2) is 0 Å². The van der Waals surface area contributed by atoms with Crippen LogP contribution in [0.15, 0.2) is 0 Å². The third kappa shape index (κ3) is 4.09. The number of amides is 1. The van der Waals surface area contributed by atoms with Gasteiger partial charge < -0.3 is 9.64 Å². The van der Waals surface area contributed by atoms with Crippen molar-refractivity contribution in [1.82, 2.24) is 10.4 Å². The normalized spacial score (nSPS) is 16.5. The number of rotatable bonds is 3. The van der Waals surface area contributed by atoms with Crippen LogP contribution >= 0.6 is 0 Å². The second-order valence-electron chi connectivity index (χ2n) is 4.69. The van der Waals surface area contributed by atoms with Crippen LogP contribution < -0.4 is 5.48 Å². The van der Waals surface area contributed by atoms with Crippen LogP contribution in [-0.2, 0) is 9.57 Å². The van der Waals surface area contributed by atoms with Crippen LogP contribution in [-0.4, -0.2) is 42.3 Å². The maximum atomic E-state index is 11.5. The molecule has 0 atom stereocenters. The fourth-order valence-corrected chi connectivity index (χ4v) is 1.23. The van der Waals surface area contributed by atoms with Gasteiger partial charge in [-0.2, -0.15) is 5.48 Å². The Bertz CT molecular complexity index is 285. The van der Waals surface area contributed by atoms with E-state index in [2.05, 4.69) is 11.4 Å². The number of ether oxygens (including phenoxy) is 1. The van der Waals surface area contributed by atoms with E-state index in [1.165, 1.54) is 0 Å². The molecule has 0 saturated carbocycles. The zero-order valence-corrected chi connectivity index (χ0v) is 9.95. The molecule has 1 aliphatic rings. The van der Waals surface area contributed by atoms with Gasteiger partial charge in [0, 0.05) is 13.1 Å². The number of carbonyl (C=O) groups is 1. The van der Waals surface area contributed by atoms with Crippen molar-refractivity contribution in [2.45, 2.75) is 32.4 Å². The Morgan fingerprint density at radius 3 is 2.69 bits per heavy atom. The van der Waals surface area contributed by atoms with Crippen molar-refractivity contribution in [3.8, 4) is 12.3 Å². The van der Waals surface area contributed by atoms with Gasteiger partial charge in [0.1, 0.15) is 12.2 Å². The van der Waals surface area contributed by atoms with Crippen molar-refractivity contribution in [2.24, 2.45) is 0 Å². The molecule has 0 aliphatic carbocycles. The SMILES string of the molecule is C#CCONC1CN(C(=O)OC(C)(C)C)C1. The zero-order chi connectivity index (χ0) is 12.2. The van der Waals surface area contributed by atoms with Gasteiger partial charge in [-0.3, -0.25) is 4.84 Å². The van der Waals surface area contributed by atoms with Gasteiger partial charge in [-0.15, -0.1) is 6.42 Å². The Morgan fingerprint density at radius 1 is 1.56 bits per heavy atom. The van der Waals surface area contributed by atoms with E-state index in [0.717, 1.165) is 0 Å². The quantitative estimate of drug-likeness (QED) is 0.438. The predicted molar refractivity (Wildman–Crippen MR) is 59.5 cm³/mol. The highest BCUT2D eigenvalue weighted by atomic mass is 16.6. The average molecular weight is 226 g/mol. The van der Waals surface area contributed by atoms with Crippen LogP contribution in [0.1, 0.15) is 20.8 Å². The first-order valence-electron chi connectivity index (χ1n) is 5.21. The lowest BCUT2D eigenvalue weighted by Crippen LogP contribution is -2.60. The van der Waals surface area contributed by atoms with E-state index in [-0.39, 0.29) is 18.7 Å². The minimum absolute atomic E-state index is 0.140. The first-order chi connectivity index (χ1) is 7.42. The molecule has 90 valence electrons. The molecule has 0 aromatic rings. The van der Waals surface area contributed by atoms with Crippen LogP contribution in [0.4, 0.5) is 4.79 Å². The van der Waals surface area contributed by atoms with Crippen molar-refractivity contribution in [3.63, 3.8) is 0 Å². The Morgan fingerprint density at radius 2 is 2.19 bits per heavy atom. The molecule has 0 aromatic carbocycles. The van der Waals surface area contributed by atoms with Crippen LogP contribution in [0.2, 0.25) is 0 Å². The number of nitrogens with one attached hydrogen (secondary N) is 1. The number of nitrogens with zero attached hydrogens (tertiary/aromatic N) is 1. The van der Waals surface area contributed by atoms with Crippen molar-refractivity contribution < 1.29 is 14.4 Å². The zero-order valence-electron chi connectivity index (χ0n) is 9.95. The second kappa shape index (κ2) is 5.19. The number of hydrogen-bond acceptors (Lipinski definition) is 4. The van der Waals surface area contributed by atoms with Crippen molar-refractivity contribution in [3.05, 3.63) is 0 Å². The molecule has 5 heteroatoms. The third-order valence-corrected chi connectivity index (χ3v) is 1.94. The number of likely N-dealkylation sites (tertiary alicyclic amines) is 1. The summed E-state index contributed by atoms with van der Waals surface area (Å²) >= 11 is 0. The molecule has 5 nitrogen and oxygen atoms in total. The molecule has 0 unspecified atom stereocenters. The lowest BCUT2D eigenvalue weighted by molar-refractivity contribution is -0.0343. The summed E-state index contributed by atoms with van der Waals surface area (Å²) < 4.78 is 5.20. The first-order valence-corrected chi connectivity index (χ1v) is 5.21. The molecule has 0 radical (unpaired) electrons. The van der Waals surface area contributed by atoms with Crippen LogP contribution in [0, 0.1) is 12.3 Å². The van der Waals surface area contributed by atoms with E-state index in [9.17, 15) is 4.79 Å². The van der Waals surface area contributed by atoms with Gasteiger partial charge in [0.25, 0.3) is 0 Å². The smallest absolute Gasteiger partial charge is 0.410 e. The molecule has 0 aromatic heterocycles. The van der Waals surface area contributed by atoms with E-state index in [1.54, 1.807) is 4.90 Å². The lowest BCUT2D eigenvalue weighted by Gasteiger charge is -2.39. The standard InChI is InChI=1S/C11H18N2O3/c1-5-6-15-12-9-7-13(8-9)10(14)16-11(2,3)4/h1,9,12H,6-8H2,2-4H3. The molecule has 1 rings (SSSR count). The minimum Gasteiger partial charge on any atom is -0.444 e. The minimum atomic E-state index is -0.449. The van der Waals surface area contributed by atoms with Gasteiger partial charge in [0.05, 0.1) is 6.04 Å². The van der Waals surface area contributed by atoms with Crippen LogP contribution in [0.5, 0.6) is 0 Å². The number of terminal acetylenes is 1. The highest BCUT2D eigenvalue weighted by molar-refractivity contribution is 5.69. The summed E-state index contributed by atoms with van der Waals surface area (Å²) in [6, 6.07) is 0.140. The topological polar surface area (TPSA) is 50.8 Å². The molecule has 1 saturated heterocycles. The molecule has 0 bridgehead atoms. The first kappa shape index (κ1) is 12.8. The summed E-state index contributed by atoms with van der Waals surface area (Å²) in [6.07, 6.45) is 4.73. The molecule has 0 spiro atoms. The number of hydrogen-bond donors (Lipinski definition) is 1. The van der Waals surface area contributed by atoms with Crippen LogP contribution in [0.25, 0.3) is 0 Å². The summed E-state index contributed by atoms with van der Waals surface area (Å²) in [7, 11) is 0. The molecular formula is C11H18N2O3. The third-order valence-electron chi connectivity index (χ3n) is 1.94.